The van der Waals surface area contributed by atoms with E-state index in [2.05, 4.69) is 66.6 Å². The number of pyridine rings is 1. The molecule has 0 atom stereocenters. The van der Waals surface area contributed by atoms with Crippen LogP contribution in [-0.4, -0.2) is 24.9 Å². The van der Waals surface area contributed by atoms with E-state index in [0.29, 0.717) is 0 Å². The topological polar surface area (TPSA) is 82.3 Å². The molecule has 3 aliphatic rings. The minimum atomic E-state index is 0.939. The highest BCUT2D eigenvalue weighted by Gasteiger charge is 2.01. The van der Waals surface area contributed by atoms with E-state index < -0.39 is 0 Å². The lowest BCUT2D eigenvalue weighted by atomic mass is 10.2. The van der Waals surface area contributed by atoms with Crippen LogP contribution in [0.4, 0.5) is 0 Å². The summed E-state index contributed by atoms with van der Waals surface area (Å²) in [5, 5.41) is 4.12. The summed E-state index contributed by atoms with van der Waals surface area (Å²) < 4.78 is 0. The summed E-state index contributed by atoms with van der Waals surface area (Å²) in [7, 11) is 0. The van der Waals surface area contributed by atoms with Crippen molar-refractivity contribution in [1.29, 1.82) is 0 Å². The van der Waals surface area contributed by atoms with E-state index in [1.807, 2.05) is 116 Å². The molecule has 0 radical (unpaired) electrons. The van der Waals surface area contributed by atoms with Gasteiger partial charge in [0.25, 0.3) is 0 Å². The molecule has 41 heavy (non-hydrogen) atoms. The normalized spacial score (nSPS) is 12.6. The number of hydrogen-bond acceptors (Lipinski definition) is 4. The maximum absolute atomic E-state index is 4.63. The van der Waals surface area contributed by atoms with Crippen molar-refractivity contribution in [2.75, 3.05) is 0 Å². The number of benzene rings is 1. The molecule has 6 heteroatoms. The van der Waals surface area contributed by atoms with Crippen LogP contribution in [0.2, 0.25) is 0 Å². The Labute approximate surface area is 237 Å². The summed E-state index contributed by atoms with van der Waals surface area (Å²) in [4.78, 5) is 20.2. The van der Waals surface area contributed by atoms with E-state index in [-0.39, 0.29) is 0 Å². The zero-order chi connectivity index (χ0) is 27.7. The third kappa shape index (κ3) is 7.02. The van der Waals surface area contributed by atoms with E-state index in [1.165, 1.54) is 5.39 Å². The second kappa shape index (κ2) is 12.4. The van der Waals surface area contributed by atoms with E-state index in [4.69, 9.17) is 0 Å². The Balaban J connectivity index is 0.000000145. The van der Waals surface area contributed by atoms with Crippen LogP contribution in [0.25, 0.3) is 57.3 Å². The minimum absolute atomic E-state index is 0.939. The standard InChI is InChI=1S/C20H14N4.C9H7N.C6H7N/c1-2-14-10-16-5-6-18(23-16)12-20-8-7-19(24-20)11-17-4-3-15(22-17)9-13(1)21-14;1-2-6-9-8(4-1)5-3-7-10-9;1-2-4-6-7-5-3-1/h1-12,21,24H;1-7H;1-7H. The lowest BCUT2D eigenvalue weighted by Crippen LogP contribution is -1.87. The maximum atomic E-state index is 4.63. The van der Waals surface area contributed by atoms with E-state index in [1.54, 1.807) is 0 Å². The third-order valence-corrected chi connectivity index (χ3v) is 6.27. The van der Waals surface area contributed by atoms with Gasteiger partial charge < -0.3 is 15.3 Å². The highest BCUT2D eigenvalue weighted by molar-refractivity contribution is 5.78. The Bertz CT molecular complexity index is 1730. The number of allylic oxidation sites excluding steroid dienone is 4. The van der Waals surface area contributed by atoms with E-state index in [9.17, 15) is 0 Å². The van der Waals surface area contributed by atoms with Crippen LogP contribution in [0, 0.1) is 0 Å². The molecule has 0 spiro atoms. The zero-order valence-corrected chi connectivity index (χ0v) is 22.3. The summed E-state index contributed by atoms with van der Waals surface area (Å²) >= 11 is 0. The molecule has 1 aromatic carbocycles. The Kier molecular flexibility index (Phi) is 7.72. The molecule has 0 fully saturated rings. The number of fused-ring (bicyclic) bond motifs is 9. The molecule has 3 aliphatic heterocycles. The summed E-state index contributed by atoms with van der Waals surface area (Å²) in [6.45, 7) is 0. The molecule has 0 saturated carbocycles. The van der Waals surface area contributed by atoms with Gasteiger partial charge in [0.15, 0.2) is 0 Å². The predicted molar refractivity (Wildman–Crippen MR) is 171 cm³/mol. The molecule has 8 bridgehead atoms. The fourth-order valence-electron chi connectivity index (χ4n) is 4.37. The minimum Gasteiger partial charge on any atom is -0.368 e. The average molecular weight is 533 g/mol. The number of para-hydroxylation sites is 1. The first-order valence-corrected chi connectivity index (χ1v) is 13.4. The number of nitrogens with one attached hydrogen (secondary N) is 3. The number of aromatic nitrogens is 5. The number of hydrogen-bond donors (Lipinski definition) is 3. The van der Waals surface area contributed by atoms with Crippen molar-refractivity contribution in [2.45, 2.75) is 0 Å². The van der Waals surface area contributed by atoms with Crippen molar-refractivity contribution < 1.29 is 0 Å². The SMILES string of the molecule is C1=CC=CNC=C1.C1=Cc2cc3ccc(cc4nc(cc5ccc(cc1n2)[nH]5)C=C4)[nH]3.c1ccc2ncccc2c1. The van der Waals surface area contributed by atoms with Crippen molar-refractivity contribution in [3.63, 3.8) is 0 Å². The van der Waals surface area contributed by atoms with Gasteiger partial charge in [0.1, 0.15) is 0 Å². The van der Waals surface area contributed by atoms with E-state index in [0.717, 1.165) is 50.4 Å². The van der Waals surface area contributed by atoms with Crippen molar-refractivity contribution in [1.82, 2.24) is 30.2 Å². The highest BCUT2D eigenvalue weighted by Crippen LogP contribution is 2.17. The van der Waals surface area contributed by atoms with Gasteiger partial charge in [0.05, 0.1) is 28.3 Å². The lowest BCUT2D eigenvalue weighted by Gasteiger charge is -1.91. The van der Waals surface area contributed by atoms with Gasteiger partial charge in [0, 0.05) is 46.0 Å². The molecule has 8 rings (SSSR count). The Morgan fingerprint density at radius 3 is 1.41 bits per heavy atom. The highest BCUT2D eigenvalue weighted by atomic mass is 14.8. The first-order valence-electron chi connectivity index (χ1n) is 13.4. The second-order valence-electron chi connectivity index (χ2n) is 9.37. The summed E-state index contributed by atoms with van der Waals surface area (Å²) in [6, 6.07) is 28.4. The van der Waals surface area contributed by atoms with Crippen LogP contribution in [-0.2, 0) is 0 Å². The molecule has 4 aromatic heterocycles. The molecule has 7 heterocycles. The van der Waals surface area contributed by atoms with Gasteiger partial charge in [-0.2, -0.15) is 0 Å². The molecule has 198 valence electrons. The largest absolute Gasteiger partial charge is 0.368 e. The van der Waals surface area contributed by atoms with Gasteiger partial charge in [-0.05, 0) is 97.1 Å². The molecule has 0 aliphatic carbocycles. The van der Waals surface area contributed by atoms with Crippen molar-refractivity contribution in [2.24, 2.45) is 0 Å². The number of rotatable bonds is 0. The quantitative estimate of drug-likeness (QED) is 0.184. The fourth-order valence-corrected chi connectivity index (χ4v) is 4.37. The Morgan fingerprint density at radius 1 is 0.463 bits per heavy atom. The van der Waals surface area contributed by atoms with Gasteiger partial charge in [-0.3, -0.25) is 4.98 Å². The number of H-pyrrole nitrogens is 2. The van der Waals surface area contributed by atoms with Crippen LogP contribution in [0.5, 0.6) is 0 Å². The van der Waals surface area contributed by atoms with Gasteiger partial charge >= 0.3 is 0 Å². The molecule has 3 N–H and O–H groups in total. The van der Waals surface area contributed by atoms with Crippen LogP contribution >= 0.6 is 0 Å². The molecule has 6 nitrogen and oxygen atoms in total. The Hall–Kier alpha value is -5.75. The van der Waals surface area contributed by atoms with Crippen LogP contribution in [0.1, 0.15) is 22.8 Å². The first-order chi connectivity index (χ1) is 20.3. The second-order valence-corrected chi connectivity index (χ2v) is 9.37. The average Bonchev–Trinajstić information content (AvgIpc) is 3.78. The third-order valence-electron chi connectivity index (χ3n) is 6.27. The number of nitrogens with zero attached hydrogens (tertiary/aromatic N) is 3. The zero-order valence-electron chi connectivity index (χ0n) is 22.3. The molecular formula is C35H28N6. The first kappa shape index (κ1) is 25.5. The lowest BCUT2D eigenvalue weighted by molar-refractivity contribution is 1.20. The van der Waals surface area contributed by atoms with Crippen molar-refractivity contribution in [3.05, 3.63) is 151 Å². The van der Waals surface area contributed by atoms with Gasteiger partial charge in [-0.25, -0.2) is 9.97 Å². The smallest absolute Gasteiger partial charge is 0.0701 e. The Morgan fingerprint density at radius 2 is 0.927 bits per heavy atom. The summed E-state index contributed by atoms with van der Waals surface area (Å²) in [6.07, 6.45) is 21.5. The van der Waals surface area contributed by atoms with E-state index >= 15 is 0 Å². The molecule has 5 aromatic rings. The van der Waals surface area contributed by atoms with Crippen LogP contribution < -0.4 is 5.32 Å². The van der Waals surface area contributed by atoms with Gasteiger partial charge in [0.2, 0.25) is 0 Å². The molecule has 0 amide bonds. The molecular weight excluding hydrogens is 504 g/mol. The maximum Gasteiger partial charge on any atom is 0.0701 e. The summed E-state index contributed by atoms with van der Waals surface area (Å²) in [5.74, 6) is 0. The number of aromatic amines is 2. The predicted octanol–water partition coefficient (Wildman–Crippen LogP) is 8.06. The monoisotopic (exact) mass is 532 g/mol. The van der Waals surface area contributed by atoms with Gasteiger partial charge in [-0.1, -0.05) is 36.4 Å². The van der Waals surface area contributed by atoms with Gasteiger partial charge in [-0.15, -0.1) is 0 Å². The van der Waals surface area contributed by atoms with Crippen LogP contribution in [0.3, 0.4) is 0 Å². The van der Waals surface area contributed by atoms with Crippen molar-refractivity contribution >= 4 is 57.3 Å². The summed E-state index contributed by atoms with van der Waals surface area (Å²) in [5.41, 5.74) is 8.92. The fraction of sp³-hybridized carbons (Fsp3) is 0. The van der Waals surface area contributed by atoms with Crippen molar-refractivity contribution in [3.8, 4) is 0 Å². The molecule has 0 saturated heterocycles. The molecule has 0 unspecified atom stereocenters. The van der Waals surface area contributed by atoms with Crippen LogP contribution in [0.15, 0.2) is 128 Å².